The summed E-state index contributed by atoms with van der Waals surface area (Å²) in [7, 11) is 1.89. The third-order valence-corrected chi connectivity index (χ3v) is 6.08. The summed E-state index contributed by atoms with van der Waals surface area (Å²) >= 11 is 7.24. The highest BCUT2D eigenvalue weighted by molar-refractivity contribution is 7.17. The lowest BCUT2D eigenvalue weighted by Gasteiger charge is -2.11. The predicted octanol–water partition coefficient (Wildman–Crippen LogP) is 5.54. The number of carbonyl (C=O) groups is 1. The summed E-state index contributed by atoms with van der Waals surface area (Å²) in [6.45, 7) is 2.20. The Kier molecular flexibility index (Phi) is 6.36. The lowest BCUT2D eigenvalue weighted by Crippen LogP contribution is -2.01. The van der Waals surface area contributed by atoms with Crippen molar-refractivity contribution in [3.05, 3.63) is 65.3 Å². The van der Waals surface area contributed by atoms with Gasteiger partial charge in [0.05, 0.1) is 5.92 Å². The SMILES string of the molecule is CC#C[C@@H](CC(=O)Cl)c1ccc(OCc2ccc3scc(-c4ncnn4C)c3c2)cc1. The molecule has 156 valence electrons. The van der Waals surface area contributed by atoms with Crippen LogP contribution < -0.4 is 4.74 Å². The number of hydrogen-bond acceptors (Lipinski definition) is 5. The number of benzene rings is 2. The van der Waals surface area contributed by atoms with Crippen molar-refractivity contribution in [3.8, 4) is 29.0 Å². The maximum atomic E-state index is 11.3. The van der Waals surface area contributed by atoms with E-state index in [1.54, 1.807) is 29.3 Å². The summed E-state index contributed by atoms with van der Waals surface area (Å²) < 4.78 is 8.96. The van der Waals surface area contributed by atoms with Gasteiger partial charge in [0.25, 0.3) is 0 Å². The molecule has 1 atom stereocenters. The molecule has 0 aliphatic heterocycles. The Morgan fingerprint density at radius 3 is 2.74 bits per heavy atom. The molecule has 31 heavy (non-hydrogen) atoms. The molecule has 0 saturated heterocycles. The highest BCUT2D eigenvalue weighted by Crippen LogP contribution is 2.33. The lowest BCUT2D eigenvalue weighted by molar-refractivity contribution is -0.111. The predicted molar refractivity (Wildman–Crippen MR) is 124 cm³/mol. The summed E-state index contributed by atoms with van der Waals surface area (Å²) in [6.07, 6.45) is 1.76. The fourth-order valence-electron chi connectivity index (χ4n) is 3.43. The second-order valence-electron chi connectivity index (χ2n) is 7.05. The zero-order valence-electron chi connectivity index (χ0n) is 17.1. The van der Waals surface area contributed by atoms with E-state index < -0.39 is 5.24 Å². The maximum Gasteiger partial charge on any atom is 0.223 e. The van der Waals surface area contributed by atoms with E-state index in [1.807, 2.05) is 31.3 Å². The number of thiophene rings is 1. The van der Waals surface area contributed by atoms with Crippen LogP contribution in [0.1, 0.15) is 30.4 Å². The Labute approximate surface area is 189 Å². The lowest BCUT2D eigenvalue weighted by atomic mass is 9.97. The fourth-order valence-corrected chi connectivity index (χ4v) is 4.50. The van der Waals surface area contributed by atoms with E-state index in [2.05, 4.69) is 45.5 Å². The van der Waals surface area contributed by atoms with Crippen LogP contribution in [0.2, 0.25) is 0 Å². The molecular weight excluding hydrogens is 430 g/mol. The van der Waals surface area contributed by atoms with Gasteiger partial charge in [0, 0.05) is 34.5 Å². The fraction of sp³-hybridized carbons (Fsp3) is 0.208. The van der Waals surface area contributed by atoms with E-state index in [0.717, 1.165) is 33.7 Å². The first-order valence-corrected chi connectivity index (χ1v) is 11.0. The smallest absolute Gasteiger partial charge is 0.223 e. The summed E-state index contributed by atoms with van der Waals surface area (Å²) in [4.78, 5) is 15.7. The first-order chi connectivity index (χ1) is 15.0. The maximum absolute atomic E-state index is 11.3. The van der Waals surface area contributed by atoms with Crippen LogP contribution in [0.3, 0.4) is 0 Å². The monoisotopic (exact) mass is 449 g/mol. The Balaban J connectivity index is 1.49. The molecule has 2 aromatic heterocycles. The van der Waals surface area contributed by atoms with E-state index in [1.165, 1.54) is 4.70 Å². The third-order valence-electron chi connectivity index (χ3n) is 4.96. The molecule has 0 aliphatic carbocycles. The summed E-state index contributed by atoms with van der Waals surface area (Å²) in [6, 6.07) is 14.0. The number of halogens is 1. The van der Waals surface area contributed by atoms with Gasteiger partial charge in [0.1, 0.15) is 18.7 Å². The summed E-state index contributed by atoms with van der Waals surface area (Å²) in [5.41, 5.74) is 3.09. The van der Waals surface area contributed by atoms with Crippen molar-refractivity contribution < 1.29 is 9.53 Å². The van der Waals surface area contributed by atoms with Crippen molar-refractivity contribution in [2.45, 2.75) is 25.9 Å². The van der Waals surface area contributed by atoms with E-state index in [0.29, 0.717) is 6.61 Å². The number of ether oxygens (including phenoxy) is 1. The van der Waals surface area contributed by atoms with Gasteiger partial charge < -0.3 is 4.74 Å². The minimum atomic E-state index is -0.391. The molecule has 0 aliphatic rings. The summed E-state index contributed by atoms with van der Waals surface area (Å²) in [5, 5.41) is 7.04. The molecule has 5 nitrogen and oxygen atoms in total. The highest BCUT2D eigenvalue weighted by Gasteiger charge is 2.13. The molecule has 2 heterocycles. The standard InChI is InChI=1S/C24H20ClN3O2S/c1-3-4-18(12-23(25)29)17-6-8-19(9-7-17)30-13-16-5-10-22-20(11-16)21(14-31-22)24-26-15-27-28(24)2/h5-11,14-15,18H,12-13H2,1-2H3/t18-/m0/s1. The number of nitrogens with zero attached hydrogens (tertiary/aromatic N) is 3. The average molecular weight is 450 g/mol. The molecule has 0 radical (unpaired) electrons. The first kappa shape index (κ1) is 21.1. The molecular formula is C24H20ClN3O2S. The summed E-state index contributed by atoms with van der Waals surface area (Å²) in [5.74, 6) is 7.29. The molecule has 0 saturated carbocycles. The van der Waals surface area contributed by atoms with Crippen LogP contribution in [0, 0.1) is 11.8 Å². The van der Waals surface area contributed by atoms with Crippen molar-refractivity contribution in [1.82, 2.24) is 14.8 Å². The average Bonchev–Trinajstić information content (AvgIpc) is 3.37. The van der Waals surface area contributed by atoms with Crippen LogP contribution in [-0.4, -0.2) is 20.0 Å². The molecule has 7 heteroatoms. The Morgan fingerprint density at radius 2 is 2.06 bits per heavy atom. The van der Waals surface area contributed by atoms with Gasteiger partial charge >= 0.3 is 0 Å². The second kappa shape index (κ2) is 9.34. The van der Waals surface area contributed by atoms with Gasteiger partial charge in [-0.25, -0.2) is 9.67 Å². The Bertz CT molecular complexity index is 1280. The van der Waals surface area contributed by atoms with Crippen LogP contribution in [0.15, 0.2) is 54.2 Å². The van der Waals surface area contributed by atoms with Gasteiger partial charge in [0.15, 0.2) is 5.82 Å². The minimum Gasteiger partial charge on any atom is -0.489 e. The zero-order chi connectivity index (χ0) is 21.8. The number of carbonyl (C=O) groups excluding carboxylic acids is 1. The van der Waals surface area contributed by atoms with Crippen LogP contribution in [0.25, 0.3) is 21.5 Å². The highest BCUT2D eigenvalue weighted by atomic mass is 35.5. The van der Waals surface area contributed by atoms with Crippen LogP contribution in [0.4, 0.5) is 0 Å². The Hall–Kier alpha value is -3.14. The van der Waals surface area contributed by atoms with E-state index >= 15 is 0 Å². The molecule has 4 rings (SSSR count). The second-order valence-corrected chi connectivity index (χ2v) is 8.38. The number of aryl methyl sites for hydroxylation is 1. The van der Waals surface area contributed by atoms with Gasteiger partial charge in [-0.05, 0) is 53.9 Å². The molecule has 0 amide bonds. The van der Waals surface area contributed by atoms with Crippen molar-refractivity contribution in [2.24, 2.45) is 7.05 Å². The van der Waals surface area contributed by atoms with Crippen molar-refractivity contribution in [3.63, 3.8) is 0 Å². The number of rotatable bonds is 7. The van der Waals surface area contributed by atoms with E-state index in [9.17, 15) is 4.79 Å². The third kappa shape index (κ3) is 4.79. The molecule has 0 N–H and O–H groups in total. The van der Waals surface area contributed by atoms with E-state index in [4.69, 9.17) is 16.3 Å². The van der Waals surface area contributed by atoms with Gasteiger partial charge in [-0.2, -0.15) is 5.10 Å². The van der Waals surface area contributed by atoms with Crippen molar-refractivity contribution >= 4 is 38.3 Å². The molecule has 0 fully saturated rings. The van der Waals surface area contributed by atoms with Crippen molar-refractivity contribution in [1.29, 1.82) is 0 Å². The normalized spacial score (nSPS) is 11.7. The minimum absolute atomic E-state index is 0.192. The van der Waals surface area contributed by atoms with Gasteiger partial charge in [-0.3, -0.25) is 4.79 Å². The van der Waals surface area contributed by atoms with Crippen LogP contribution in [-0.2, 0) is 18.4 Å². The molecule has 0 unspecified atom stereocenters. The van der Waals surface area contributed by atoms with Crippen molar-refractivity contribution in [2.75, 3.05) is 0 Å². The largest absolute Gasteiger partial charge is 0.489 e. The first-order valence-electron chi connectivity index (χ1n) is 9.73. The number of fused-ring (bicyclic) bond motifs is 1. The number of aromatic nitrogens is 3. The van der Waals surface area contributed by atoms with Gasteiger partial charge in [0.2, 0.25) is 5.24 Å². The molecule has 4 aromatic rings. The quantitative estimate of drug-likeness (QED) is 0.274. The van der Waals surface area contributed by atoms with Gasteiger partial charge in [-0.1, -0.05) is 24.1 Å². The number of hydrogen-bond donors (Lipinski definition) is 0. The van der Waals surface area contributed by atoms with E-state index in [-0.39, 0.29) is 12.3 Å². The van der Waals surface area contributed by atoms with Crippen LogP contribution in [0.5, 0.6) is 5.75 Å². The topological polar surface area (TPSA) is 57.0 Å². The van der Waals surface area contributed by atoms with Crippen LogP contribution >= 0.6 is 22.9 Å². The molecule has 0 spiro atoms. The zero-order valence-corrected chi connectivity index (χ0v) is 18.7. The van der Waals surface area contributed by atoms with Gasteiger partial charge in [-0.15, -0.1) is 17.3 Å². The molecule has 2 aromatic carbocycles. The Morgan fingerprint density at radius 1 is 1.26 bits per heavy atom. The molecule has 0 bridgehead atoms.